The average Bonchev–Trinajstić information content (AvgIpc) is 3.34. The van der Waals surface area contributed by atoms with Crippen LogP contribution in [0, 0.1) is 52.3 Å². The predicted molar refractivity (Wildman–Crippen MR) is 124 cm³/mol. The maximum Gasteiger partial charge on any atom is 0.136 e. The molecule has 0 aromatic carbocycles. The van der Waals surface area contributed by atoms with Crippen molar-refractivity contribution in [2.75, 3.05) is 0 Å². The van der Waals surface area contributed by atoms with Crippen molar-refractivity contribution >= 4 is 11.5 Å². The van der Waals surface area contributed by atoms with E-state index in [2.05, 4.69) is 39.8 Å². The summed E-state index contributed by atoms with van der Waals surface area (Å²) >= 11 is 0. The van der Waals surface area contributed by atoms with E-state index in [1.54, 1.807) is 0 Å². The molecule has 0 bridgehead atoms. The number of aliphatic hydroxyl groups excluding tert-OH is 2. The lowest BCUT2D eigenvalue weighted by Gasteiger charge is -2.61. The lowest BCUT2D eigenvalue weighted by atomic mass is 9.44. The number of Topliss-reactive ketones (excluding diaryl/α,β-unsaturated/α-hetero) is 1. The van der Waals surface area contributed by atoms with Crippen LogP contribution in [0.4, 0.5) is 0 Å². The predicted octanol–water partition coefficient (Wildman–Crippen LogP) is 4.59. The number of hydrogen-bond donors (Lipinski definition) is 2. The minimum absolute atomic E-state index is 0.0823. The monoisotopic (exact) mass is 445 g/mol. The number of nitrogens with zero attached hydrogens (tertiary/aromatic N) is 1. The molecule has 0 aromatic rings. The Labute approximate surface area is 193 Å². The summed E-state index contributed by atoms with van der Waals surface area (Å²) in [4.78, 5) is 19.3. The van der Waals surface area contributed by atoms with Crippen LogP contribution in [-0.2, 0) is 9.63 Å². The summed E-state index contributed by atoms with van der Waals surface area (Å²) in [7, 11) is 0. The summed E-state index contributed by atoms with van der Waals surface area (Å²) < 4.78 is 0. The second kappa shape index (κ2) is 7.80. The van der Waals surface area contributed by atoms with Gasteiger partial charge in [-0.15, -0.1) is 0 Å². The van der Waals surface area contributed by atoms with Gasteiger partial charge in [-0.2, -0.15) is 0 Å². The zero-order valence-corrected chi connectivity index (χ0v) is 20.6. The second-order valence-corrected chi connectivity index (χ2v) is 12.9. The number of fused-ring (bicyclic) bond motifs is 5. The largest absolute Gasteiger partial charge is 0.392 e. The number of carbonyl (C=O) groups excluding carboxylic acids is 1. The quantitative estimate of drug-likeness (QED) is 0.666. The summed E-state index contributed by atoms with van der Waals surface area (Å²) in [6.07, 6.45) is 6.17. The molecule has 1 heterocycles. The smallest absolute Gasteiger partial charge is 0.136 e. The summed E-state index contributed by atoms with van der Waals surface area (Å²) in [5.41, 5.74) is 1.28. The first-order chi connectivity index (χ1) is 15.1. The number of ketones is 1. The van der Waals surface area contributed by atoms with E-state index in [1.807, 2.05) is 0 Å². The van der Waals surface area contributed by atoms with Gasteiger partial charge in [0.15, 0.2) is 0 Å². The molecule has 4 fully saturated rings. The fourth-order valence-corrected chi connectivity index (χ4v) is 9.27. The molecular formula is C27H43NO4. The second-order valence-electron chi connectivity index (χ2n) is 12.9. The highest BCUT2D eigenvalue weighted by Gasteiger charge is 2.63. The molecule has 0 amide bonds. The molecule has 0 saturated heterocycles. The first kappa shape index (κ1) is 22.8. The SMILES string of the molecule is CC(C)C1=NO[C@@H]([C@@H](C)[C@H]2CC[C@H]3[C@@H]4CC(=O)[C@H]5C[C@H](O)[C@H](O)C[C@]5(C)[C@H]4CC[C@]23C)C1. The zero-order chi connectivity index (χ0) is 23.0. The van der Waals surface area contributed by atoms with Crippen LogP contribution in [0.25, 0.3) is 0 Å². The molecule has 0 aromatic heterocycles. The molecule has 0 spiro atoms. The lowest BCUT2D eigenvalue weighted by molar-refractivity contribution is -0.174. The molecule has 11 atom stereocenters. The van der Waals surface area contributed by atoms with Gasteiger partial charge in [-0.1, -0.05) is 39.8 Å². The van der Waals surface area contributed by atoms with E-state index >= 15 is 0 Å². The van der Waals surface area contributed by atoms with Crippen LogP contribution >= 0.6 is 0 Å². The maximum absolute atomic E-state index is 13.3. The van der Waals surface area contributed by atoms with Gasteiger partial charge in [-0.05, 0) is 84.9 Å². The molecule has 5 nitrogen and oxygen atoms in total. The molecule has 5 aliphatic rings. The van der Waals surface area contributed by atoms with E-state index < -0.39 is 12.2 Å². The normalized spacial score (nSPS) is 51.5. The molecule has 180 valence electrons. The fraction of sp³-hybridized carbons (Fsp3) is 0.926. The minimum atomic E-state index is -0.747. The van der Waals surface area contributed by atoms with Crippen LogP contribution in [0.2, 0.25) is 0 Å². The van der Waals surface area contributed by atoms with E-state index in [9.17, 15) is 15.0 Å². The van der Waals surface area contributed by atoms with Crippen molar-refractivity contribution in [3.8, 4) is 0 Å². The topological polar surface area (TPSA) is 79.1 Å². The van der Waals surface area contributed by atoms with Crippen molar-refractivity contribution < 1.29 is 19.8 Å². The Morgan fingerprint density at radius 1 is 1.00 bits per heavy atom. The van der Waals surface area contributed by atoms with Crippen LogP contribution < -0.4 is 0 Å². The fourth-order valence-electron chi connectivity index (χ4n) is 9.27. The van der Waals surface area contributed by atoms with Crippen LogP contribution in [0.15, 0.2) is 5.16 Å². The Hall–Kier alpha value is -0.940. The molecule has 1 aliphatic heterocycles. The molecule has 2 N–H and O–H groups in total. The van der Waals surface area contributed by atoms with E-state index in [4.69, 9.17) is 4.84 Å². The van der Waals surface area contributed by atoms with Crippen molar-refractivity contribution in [2.45, 2.75) is 104 Å². The third-order valence-corrected chi connectivity index (χ3v) is 11.2. The number of hydrogen-bond acceptors (Lipinski definition) is 5. The molecule has 5 heteroatoms. The van der Waals surface area contributed by atoms with Gasteiger partial charge in [0.2, 0.25) is 0 Å². The zero-order valence-electron chi connectivity index (χ0n) is 20.6. The van der Waals surface area contributed by atoms with Crippen molar-refractivity contribution in [2.24, 2.45) is 57.4 Å². The van der Waals surface area contributed by atoms with Gasteiger partial charge in [0.05, 0.1) is 17.9 Å². The van der Waals surface area contributed by atoms with E-state index in [0.717, 1.165) is 12.8 Å². The van der Waals surface area contributed by atoms with Gasteiger partial charge in [0, 0.05) is 18.8 Å². The van der Waals surface area contributed by atoms with Crippen molar-refractivity contribution in [1.82, 2.24) is 0 Å². The van der Waals surface area contributed by atoms with Crippen molar-refractivity contribution in [3.05, 3.63) is 0 Å². The van der Waals surface area contributed by atoms with Gasteiger partial charge in [0.25, 0.3) is 0 Å². The summed E-state index contributed by atoms with van der Waals surface area (Å²) in [6, 6.07) is 0. The van der Waals surface area contributed by atoms with E-state index in [1.165, 1.54) is 25.0 Å². The molecule has 4 saturated carbocycles. The molecular weight excluding hydrogens is 402 g/mol. The Bertz CT molecular complexity index is 795. The number of carbonyl (C=O) groups is 1. The van der Waals surface area contributed by atoms with Crippen molar-refractivity contribution in [1.29, 1.82) is 0 Å². The highest BCUT2D eigenvalue weighted by Crippen LogP contribution is 2.68. The third kappa shape index (κ3) is 3.24. The summed E-state index contributed by atoms with van der Waals surface area (Å²) in [6.45, 7) is 11.5. The third-order valence-electron chi connectivity index (χ3n) is 11.2. The standard InChI is InChI=1S/C27H43NO4/c1-14(2)21-12-25(32-28-21)15(3)17-6-7-18-16-10-22(29)20-11-23(30)24(31)13-27(20,5)19(16)8-9-26(17,18)4/h14-20,23-25,30-31H,6-13H2,1-5H3/t15-,16-,17+,18-,19-,20+,23-,24+,25+,26+,27+/m0/s1. The highest BCUT2D eigenvalue weighted by molar-refractivity contribution is 5.87. The van der Waals surface area contributed by atoms with Crippen LogP contribution in [0.3, 0.4) is 0 Å². The molecule has 5 rings (SSSR count). The molecule has 0 radical (unpaired) electrons. The maximum atomic E-state index is 13.3. The van der Waals surface area contributed by atoms with Crippen LogP contribution in [-0.4, -0.2) is 40.0 Å². The minimum Gasteiger partial charge on any atom is -0.392 e. The summed E-state index contributed by atoms with van der Waals surface area (Å²) in [5.74, 6) is 3.27. The number of rotatable bonds is 3. The number of oxime groups is 1. The Kier molecular flexibility index (Phi) is 5.56. The first-order valence-electron chi connectivity index (χ1n) is 13.2. The van der Waals surface area contributed by atoms with Crippen LogP contribution in [0.1, 0.15) is 86.0 Å². The molecule has 0 unspecified atom stereocenters. The number of aliphatic hydroxyl groups is 2. The highest BCUT2D eigenvalue weighted by atomic mass is 16.6. The molecule has 4 aliphatic carbocycles. The first-order valence-corrected chi connectivity index (χ1v) is 13.2. The van der Waals surface area contributed by atoms with E-state index in [-0.39, 0.29) is 22.9 Å². The van der Waals surface area contributed by atoms with Gasteiger partial charge in [0.1, 0.15) is 11.9 Å². The summed E-state index contributed by atoms with van der Waals surface area (Å²) in [5, 5.41) is 25.2. The lowest BCUT2D eigenvalue weighted by Crippen LogP contribution is -2.59. The van der Waals surface area contributed by atoms with Crippen LogP contribution in [0.5, 0.6) is 0 Å². The van der Waals surface area contributed by atoms with Gasteiger partial charge in [-0.25, -0.2) is 0 Å². The average molecular weight is 446 g/mol. The van der Waals surface area contributed by atoms with Gasteiger partial charge in [-0.3, -0.25) is 4.79 Å². The Morgan fingerprint density at radius 3 is 2.41 bits per heavy atom. The van der Waals surface area contributed by atoms with E-state index in [0.29, 0.717) is 60.6 Å². The Morgan fingerprint density at radius 2 is 1.72 bits per heavy atom. The van der Waals surface area contributed by atoms with Gasteiger partial charge < -0.3 is 15.1 Å². The van der Waals surface area contributed by atoms with Crippen molar-refractivity contribution in [3.63, 3.8) is 0 Å². The molecule has 32 heavy (non-hydrogen) atoms. The Balaban J connectivity index is 1.36. The van der Waals surface area contributed by atoms with Gasteiger partial charge >= 0.3 is 0 Å².